The predicted molar refractivity (Wildman–Crippen MR) is 127 cm³/mol. The maximum atomic E-state index is 11.0. The van der Waals surface area contributed by atoms with Crippen LogP contribution >= 0.6 is 0 Å². The van der Waals surface area contributed by atoms with Gasteiger partial charge in [0, 0.05) is 51.1 Å². The van der Waals surface area contributed by atoms with Crippen molar-refractivity contribution in [3.63, 3.8) is 0 Å². The molecule has 0 fully saturated rings. The molecule has 0 amide bonds. The Labute approximate surface area is 199 Å². The molecule has 0 aliphatic rings. The molecule has 0 atom stereocenters. The minimum absolute atomic E-state index is 0.240. The molecule has 0 saturated heterocycles. The summed E-state index contributed by atoms with van der Waals surface area (Å²) in [6.07, 6.45) is 6.10. The van der Waals surface area contributed by atoms with Crippen LogP contribution in [0.15, 0.2) is 42.7 Å². The van der Waals surface area contributed by atoms with Crippen LogP contribution in [0.2, 0.25) is 0 Å². The highest BCUT2D eigenvalue weighted by atomic mass is 16.7. The quantitative estimate of drug-likeness (QED) is 0.291. The van der Waals surface area contributed by atoms with Gasteiger partial charge in [0.1, 0.15) is 11.6 Å². The number of aryl methyl sites for hydroxylation is 1. The largest absolute Gasteiger partial charge is 0.511 e. The Bertz CT molecular complexity index is 1080. The summed E-state index contributed by atoms with van der Waals surface area (Å²) in [5.41, 5.74) is 2.44. The van der Waals surface area contributed by atoms with E-state index in [1.807, 2.05) is 28.9 Å². The average Bonchev–Trinajstić information content (AvgIpc) is 3.24. The highest BCUT2D eigenvalue weighted by Crippen LogP contribution is 2.31. The van der Waals surface area contributed by atoms with Crippen LogP contribution < -0.4 is 4.74 Å². The molecule has 0 aliphatic heterocycles. The maximum Gasteiger partial charge on any atom is 0.511 e. The first-order valence-corrected chi connectivity index (χ1v) is 11.4. The van der Waals surface area contributed by atoms with Crippen molar-refractivity contribution < 1.29 is 24.1 Å². The predicted octanol–water partition coefficient (Wildman–Crippen LogP) is 5.03. The highest BCUT2D eigenvalue weighted by molar-refractivity contribution is 5.73. The molecular formula is C25H32N4O5. The van der Waals surface area contributed by atoms with Crippen LogP contribution in [0.5, 0.6) is 5.75 Å². The van der Waals surface area contributed by atoms with E-state index in [9.17, 15) is 4.79 Å². The van der Waals surface area contributed by atoms with Crippen molar-refractivity contribution in [3.8, 4) is 16.9 Å². The molecule has 0 spiro atoms. The van der Waals surface area contributed by atoms with E-state index in [0.717, 1.165) is 42.6 Å². The van der Waals surface area contributed by atoms with E-state index in [-0.39, 0.29) is 5.75 Å². The first-order valence-electron chi connectivity index (χ1n) is 11.4. The van der Waals surface area contributed by atoms with Gasteiger partial charge in [-0.25, -0.2) is 14.5 Å². The van der Waals surface area contributed by atoms with Gasteiger partial charge in [-0.1, -0.05) is 51.0 Å². The van der Waals surface area contributed by atoms with Gasteiger partial charge in [0.25, 0.3) is 0 Å². The van der Waals surface area contributed by atoms with Crippen LogP contribution in [0.25, 0.3) is 11.1 Å². The molecule has 0 saturated carbocycles. The first kappa shape index (κ1) is 25.3. The lowest BCUT2D eigenvalue weighted by Crippen LogP contribution is -2.32. The van der Waals surface area contributed by atoms with Gasteiger partial charge >= 0.3 is 6.16 Å². The Hall–Kier alpha value is -3.30. The monoisotopic (exact) mass is 468 g/mol. The summed E-state index contributed by atoms with van der Waals surface area (Å²) >= 11 is 0. The molecule has 3 rings (SSSR count). The summed E-state index contributed by atoms with van der Waals surface area (Å²) in [5.74, 6) is 0.697. The number of rotatable bonds is 12. The molecule has 2 heterocycles. The zero-order valence-electron chi connectivity index (χ0n) is 20.2. The molecule has 9 heteroatoms. The van der Waals surface area contributed by atoms with Gasteiger partial charge in [-0.2, -0.15) is 0 Å². The second-order valence-corrected chi connectivity index (χ2v) is 7.96. The number of nitrogens with zero attached hydrogens (tertiary/aromatic N) is 4. The van der Waals surface area contributed by atoms with Gasteiger partial charge in [0.05, 0.1) is 6.54 Å². The van der Waals surface area contributed by atoms with Gasteiger partial charge in [-0.15, -0.1) is 5.10 Å². The lowest BCUT2D eigenvalue weighted by atomic mass is 10.0. The SMILES string of the molecule is CCCCc1nc(C(CCC)(OC)OC)nn1Cc1ccc(-c2cnccc2OC(=O)O)cc1. The van der Waals surface area contributed by atoms with Gasteiger partial charge in [-0.3, -0.25) is 4.98 Å². The molecule has 0 bridgehead atoms. The first-order chi connectivity index (χ1) is 16.5. The van der Waals surface area contributed by atoms with Gasteiger partial charge in [0.15, 0.2) is 0 Å². The third-order valence-electron chi connectivity index (χ3n) is 5.66. The minimum atomic E-state index is -1.36. The fourth-order valence-corrected chi connectivity index (χ4v) is 3.84. The van der Waals surface area contributed by atoms with E-state index < -0.39 is 11.9 Å². The number of unbranched alkanes of at least 4 members (excludes halogenated alkanes) is 1. The Morgan fingerprint density at radius 1 is 1.09 bits per heavy atom. The normalized spacial score (nSPS) is 11.5. The summed E-state index contributed by atoms with van der Waals surface area (Å²) in [6.45, 7) is 4.75. The number of hydrogen-bond acceptors (Lipinski definition) is 7. The smallest absolute Gasteiger partial charge is 0.449 e. The minimum Gasteiger partial charge on any atom is -0.449 e. The Morgan fingerprint density at radius 2 is 1.82 bits per heavy atom. The van der Waals surface area contributed by atoms with Gasteiger partial charge < -0.3 is 19.3 Å². The number of pyridine rings is 1. The highest BCUT2D eigenvalue weighted by Gasteiger charge is 2.36. The average molecular weight is 469 g/mol. The molecule has 3 aromatic rings. The summed E-state index contributed by atoms with van der Waals surface area (Å²) in [5, 5.41) is 13.8. The van der Waals surface area contributed by atoms with Crippen molar-refractivity contribution in [2.45, 2.75) is 58.3 Å². The summed E-state index contributed by atoms with van der Waals surface area (Å²) in [7, 11) is 3.23. The molecule has 1 N–H and O–H groups in total. The van der Waals surface area contributed by atoms with Crippen molar-refractivity contribution in [1.82, 2.24) is 19.7 Å². The van der Waals surface area contributed by atoms with Crippen LogP contribution in [0.1, 0.15) is 56.7 Å². The fraction of sp³-hybridized carbons (Fsp3) is 0.440. The Balaban J connectivity index is 1.89. The van der Waals surface area contributed by atoms with Crippen LogP contribution in [0.4, 0.5) is 4.79 Å². The molecule has 9 nitrogen and oxygen atoms in total. The Morgan fingerprint density at radius 3 is 2.44 bits per heavy atom. The number of aromatic nitrogens is 4. The fourth-order valence-electron chi connectivity index (χ4n) is 3.84. The van der Waals surface area contributed by atoms with Crippen molar-refractivity contribution in [3.05, 3.63) is 59.9 Å². The molecule has 182 valence electrons. The maximum absolute atomic E-state index is 11.0. The van der Waals surface area contributed by atoms with Crippen LogP contribution in [-0.4, -0.2) is 45.2 Å². The van der Waals surface area contributed by atoms with Crippen molar-refractivity contribution in [2.24, 2.45) is 0 Å². The summed E-state index contributed by atoms with van der Waals surface area (Å²) in [6, 6.07) is 9.31. The third kappa shape index (κ3) is 5.78. The van der Waals surface area contributed by atoms with Crippen molar-refractivity contribution >= 4 is 6.16 Å². The lowest BCUT2D eigenvalue weighted by molar-refractivity contribution is -0.225. The topological polar surface area (TPSA) is 109 Å². The number of methoxy groups -OCH3 is 2. The number of carboxylic acid groups (broad SMARTS) is 1. The van der Waals surface area contributed by atoms with Crippen LogP contribution in [0.3, 0.4) is 0 Å². The van der Waals surface area contributed by atoms with E-state index in [0.29, 0.717) is 24.4 Å². The number of ether oxygens (including phenoxy) is 3. The van der Waals surface area contributed by atoms with E-state index in [1.54, 1.807) is 20.4 Å². The van der Waals surface area contributed by atoms with Crippen molar-refractivity contribution in [2.75, 3.05) is 14.2 Å². The molecule has 0 unspecified atom stereocenters. The summed E-state index contributed by atoms with van der Waals surface area (Å²) in [4.78, 5) is 19.9. The standard InChI is InChI=1S/C25H32N4O5/c1-5-7-8-22-27-23(25(32-3,33-4)14-6-2)28-29(22)17-18-9-11-19(12-10-18)20-16-26-15-13-21(20)34-24(30)31/h9-13,15-16H,5-8,14,17H2,1-4H3,(H,30,31). The molecule has 0 radical (unpaired) electrons. The number of hydrogen-bond donors (Lipinski definition) is 1. The molecule has 0 aliphatic carbocycles. The van der Waals surface area contributed by atoms with Gasteiger partial charge in [0.2, 0.25) is 11.6 Å². The van der Waals surface area contributed by atoms with E-state index in [4.69, 9.17) is 29.4 Å². The molecule has 1 aromatic carbocycles. The molecular weight excluding hydrogens is 436 g/mol. The third-order valence-corrected chi connectivity index (χ3v) is 5.66. The molecule has 2 aromatic heterocycles. The van der Waals surface area contributed by atoms with Crippen molar-refractivity contribution in [1.29, 1.82) is 0 Å². The zero-order valence-corrected chi connectivity index (χ0v) is 20.2. The summed E-state index contributed by atoms with van der Waals surface area (Å²) < 4.78 is 18.2. The van der Waals surface area contributed by atoms with Gasteiger partial charge in [-0.05, 0) is 17.5 Å². The van der Waals surface area contributed by atoms with Crippen LogP contribution in [0, 0.1) is 0 Å². The number of benzene rings is 1. The second-order valence-electron chi connectivity index (χ2n) is 7.96. The van der Waals surface area contributed by atoms with E-state index >= 15 is 0 Å². The lowest BCUT2D eigenvalue weighted by Gasteiger charge is -2.27. The van der Waals surface area contributed by atoms with Crippen LogP contribution in [-0.2, 0) is 28.2 Å². The van der Waals surface area contributed by atoms with E-state index in [2.05, 4.69) is 18.8 Å². The molecule has 34 heavy (non-hydrogen) atoms. The number of carbonyl (C=O) groups is 1. The second kappa shape index (κ2) is 11.7. The van der Waals surface area contributed by atoms with E-state index in [1.165, 1.54) is 12.3 Å². The Kier molecular flexibility index (Phi) is 8.72. The zero-order chi connectivity index (χ0) is 24.6.